The van der Waals surface area contributed by atoms with E-state index in [0.717, 1.165) is 48.2 Å². The van der Waals surface area contributed by atoms with Crippen LogP contribution in [0.25, 0.3) is 22.0 Å². The lowest BCUT2D eigenvalue weighted by molar-refractivity contribution is 0.0959. The van der Waals surface area contributed by atoms with Crippen molar-refractivity contribution in [1.29, 1.82) is 0 Å². The molecule has 0 unspecified atom stereocenters. The summed E-state index contributed by atoms with van der Waals surface area (Å²) in [6, 6.07) is 10.4. The van der Waals surface area contributed by atoms with Crippen molar-refractivity contribution in [3.05, 3.63) is 66.3 Å². The van der Waals surface area contributed by atoms with Crippen molar-refractivity contribution in [2.45, 2.75) is 18.8 Å². The second-order valence-corrected chi connectivity index (χ2v) is 7.71. The van der Waals surface area contributed by atoms with Crippen LogP contribution in [0, 0.1) is 5.82 Å². The number of aromatic nitrogens is 4. The maximum Gasteiger partial charge on any atom is 0.253 e. The first-order chi connectivity index (χ1) is 15.7. The molecule has 0 bridgehead atoms. The number of piperidine rings is 1. The molecule has 2 aromatic heterocycles. The maximum absolute atomic E-state index is 14.6. The van der Waals surface area contributed by atoms with Gasteiger partial charge in [0.1, 0.15) is 18.0 Å². The number of amides is 1. The van der Waals surface area contributed by atoms with E-state index in [9.17, 15) is 9.18 Å². The van der Waals surface area contributed by atoms with Gasteiger partial charge in [0.15, 0.2) is 6.33 Å². The van der Waals surface area contributed by atoms with E-state index in [2.05, 4.69) is 30.3 Å². The molecule has 4 aromatic rings. The van der Waals surface area contributed by atoms with Crippen LogP contribution in [0.1, 0.15) is 35.0 Å². The summed E-state index contributed by atoms with van der Waals surface area (Å²) < 4.78 is 19.8. The Kier molecular flexibility index (Phi) is 5.22. The fraction of sp³-hybridized carbons (Fsp3) is 0.261. The number of carbonyl (C=O) groups excluding carboxylic acids is 1. The highest BCUT2D eigenvalue weighted by Crippen LogP contribution is 2.35. The number of anilines is 1. The second kappa shape index (κ2) is 8.33. The second-order valence-electron chi connectivity index (χ2n) is 7.71. The van der Waals surface area contributed by atoms with Gasteiger partial charge in [-0.2, -0.15) is 4.98 Å². The minimum atomic E-state index is -0.573. The number of fused-ring (bicyclic) bond motifs is 1. The van der Waals surface area contributed by atoms with Gasteiger partial charge in [0.25, 0.3) is 5.91 Å². The van der Waals surface area contributed by atoms with Crippen LogP contribution in [-0.2, 0) is 0 Å². The van der Waals surface area contributed by atoms with E-state index in [4.69, 9.17) is 4.52 Å². The number of carbonyl (C=O) groups is 1. The molecule has 0 spiro atoms. The van der Waals surface area contributed by atoms with Crippen LogP contribution < -0.4 is 10.2 Å². The Balaban J connectivity index is 1.47. The predicted octanol–water partition coefficient (Wildman–Crippen LogP) is 3.56. The van der Waals surface area contributed by atoms with E-state index in [1.54, 1.807) is 12.4 Å². The molecule has 5 rings (SSSR count). The molecule has 32 heavy (non-hydrogen) atoms. The summed E-state index contributed by atoms with van der Waals surface area (Å²) in [5.41, 5.74) is 2.19. The Morgan fingerprint density at radius 2 is 1.97 bits per heavy atom. The lowest BCUT2D eigenvalue weighted by Crippen LogP contribution is -2.33. The molecule has 162 valence electrons. The molecule has 1 N–H and O–H groups in total. The van der Waals surface area contributed by atoms with Gasteiger partial charge in [-0.1, -0.05) is 23.4 Å². The van der Waals surface area contributed by atoms with Crippen LogP contribution in [0.2, 0.25) is 0 Å². The third-order valence-electron chi connectivity index (χ3n) is 5.92. The standard InChI is InChI=1S/C23H21FN6O2/c1-25-22(31)17-6-5-15(11-19(17)24)16-3-2-4-18-20(16)26-12-27-21(18)30-9-7-14(8-10-30)23-28-13-29-32-23/h2-6,11-14H,7-10H2,1H3,(H,25,31). The molecular weight excluding hydrogens is 411 g/mol. The van der Waals surface area contributed by atoms with Crippen LogP contribution in [0.4, 0.5) is 10.2 Å². The lowest BCUT2D eigenvalue weighted by Gasteiger charge is -2.31. The van der Waals surface area contributed by atoms with E-state index >= 15 is 0 Å². The minimum absolute atomic E-state index is 0.0101. The van der Waals surface area contributed by atoms with Crippen LogP contribution >= 0.6 is 0 Å². The predicted molar refractivity (Wildman–Crippen MR) is 117 cm³/mol. The highest BCUT2D eigenvalue weighted by Gasteiger charge is 2.26. The average Bonchev–Trinajstić information content (AvgIpc) is 3.38. The molecule has 1 fully saturated rings. The first-order valence-corrected chi connectivity index (χ1v) is 10.4. The molecule has 9 heteroatoms. The average molecular weight is 432 g/mol. The first kappa shape index (κ1) is 20.0. The van der Waals surface area contributed by atoms with Gasteiger partial charge in [-0.05, 0) is 36.6 Å². The van der Waals surface area contributed by atoms with Crippen molar-refractivity contribution in [1.82, 2.24) is 25.4 Å². The largest absolute Gasteiger partial charge is 0.356 e. The fourth-order valence-electron chi connectivity index (χ4n) is 4.26. The van der Waals surface area contributed by atoms with Gasteiger partial charge in [-0.15, -0.1) is 0 Å². The van der Waals surface area contributed by atoms with Gasteiger partial charge in [0.05, 0.1) is 11.1 Å². The lowest BCUT2D eigenvalue weighted by atomic mass is 9.96. The van der Waals surface area contributed by atoms with Crippen LogP contribution in [0.5, 0.6) is 0 Å². The van der Waals surface area contributed by atoms with E-state index < -0.39 is 11.7 Å². The van der Waals surface area contributed by atoms with Crippen LogP contribution in [-0.4, -0.2) is 46.2 Å². The summed E-state index contributed by atoms with van der Waals surface area (Å²) in [6.45, 7) is 1.61. The molecule has 2 aromatic carbocycles. The number of para-hydroxylation sites is 1. The molecule has 1 aliphatic heterocycles. The van der Waals surface area contributed by atoms with E-state index in [1.807, 2.05) is 18.2 Å². The highest BCUT2D eigenvalue weighted by molar-refractivity contribution is 6.00. The zero-order chi connectivity index (χ0) is 22.1. The quantitative estimate of drug-likeness (QED) is 0.527. The minimum Gasteiger partial charge on any atom is -0.356 e. The molecule has 1 saturated heterocycles. The summed E-state index contributed by atoms with van der Waals surface area (Å²) in [5.74, 6) is 0.751. The highest BCUT2D eigenvalue weighted by atomic mass is 19.1. The van der Waals surface area contributed by atoms with Gasteiger partial charge in [0, 0.05) is 37.0 Å². The van der Waals surface area contributed by atoms with Gasteiger partial charge in [0.2, 0.25) is 5.89 Å². The van der Waals surface area contributed by atoms with Crippen molar-refractivity contribution in [3.63, 3.8) is 0 Å². The maximum atomic E-state index is 14.6. The molecule has 1 aliphatic rings. The van der Waals surface area contributed by atoms with Gasteiger partial charge < -0.3 is 14.7 Å². The number of nitrogens with zero attached hydrogens (tertiary/aromatic N) is 5. The fourth-order valence-corrected chi connectivity index (χ4v) is 4.26. The van der Waals surface area contributed by atoms with E-state index in [0.29, 0.717) is 11.5 Å². The van der Waals surface area contributed by atoms with E-state index in [1.165, 1.54) is 25.5 Å². The number of halogens is 1. The zero-order valence-electron chi connectivity index (χ0n) is 17.5. The summed E-state index contributed by atoms with van der Waals surface area (Å²) in [6.07, 6.45) is 4.75. The third-order valence-corrected chi connectivity index (χ3v) is 5.92. The molecular formula is C23H21FN6O2. The molecule has 1 amide bonds. The Hall–Kier alpha value is -3.88. The first-order valence-electron chi connectivity index (χ1n) is 10.4. The summed E-state index contributed by atoms with van der Waals surface area (Å²) in [4.78, 5) is 27.3. The summed E-state index contributed by atoms with van der Waals surface area (Å²) in [5, 5.41) is 7.06. The molecule has 8 nitrogen and oxygen atoms in total. The zero-order valence-corrected chi connectivity index (χ0v) is 17.5. The molecule has 0 radical (unpaired) electrons. The Bertz CT molecular complexity index is 1270. The molecule has 0 atom stereocenters. The number of nitrogens with one attached hydrogen (secondary N) is 1. The van der Waals surface area contributed by atoms with Crippen molar-refractivity contribution in [3.8, 4) is 11.1 Å². The Labute approximate surface area is 183 Å². The monoisotopic (exact) mass is 432 g/mol. The SMILES string of the molecule is CNC(=O)c1ccc(-c2cccc3c(N4CCC(c5ncno5)CC4)ncnc23)cc1F. The Morgan fingerprint density at radius 3 is 2.69 bits per heavy atom. The van der Waals surface area contributed by atoms with Crippen LogP contribution in [0.15, 0.2) is 53.6 Å². The van der Waals surface area contributed by atoms with Crippen molar-refractivity contribution in [2.24, 2.45) is 0 Å². The van der Waals surface area contributed by atoms with Gasteiger partial charge in [-0.25, -0.2) is 14.4 Å². The number of rotatable bonds is 4. The third kappa shape index (κ3) is 3.55. The number of hydrogen-bond donors (Lipinski definition) is 1. The van der Waals surface area contributed by atoms with Gasteiger partial charge >= 0.3 is 0 Å². The van der Waals surface area contributed by atoms with Crippen LogP contribution in [0.3, 0.4) is 0 Å². The molecule has 3 heterocycles. The normalized spacial score (nSPS) is 14.6. The van der Waals surface area contributed by atoms with Crippen molar-refractivity contribution in [2.75, 3.05) is 25.0 Å². The number of benzene rings is 2. The Morgan fingerprint density at radius 1 is 1.12 bits per heavy atom. The van der Waals surface area contributed by atoms with Gasteiger partial charge in [-0.3, -0.25) is 4.79 Å². The van der Waals surface area contributed by atoms with Crippen molar-refractivity contribution >= 4 is 22.6 Å². The summed E-state index contributed by atoms with van der Waals surface area (Å²) >= 11 is 0. The summed E-state index contributed by atoms with van der Waals surface area (Å²) in [7, 11) is 1.48. The topological polar surface area (TPSA) is 97.0 Å². The number of hydrogen-bond acceptors (Lipinski definition) is 7. The van der Waals surface area contributed by atoms with E-state index in [-0.39, 0.29) is 11.5 Å². The van der Waals surface area contributed by atoms with Crippen molar-refractivity contribution < 1.29 is 13.7 Å². The smallest absolute Gasteiger partial charge is 0.253 e. The molecule has 0 aliphatic carbocycles. The molecule has 0 saturated carbocycles.